The number of piperazine rings is 1. The number of rotatable bonds is 5. The van der Waals surface area contributed by atoms with E-state index in [1.54, 1.807) is 31.0 Å². The molecule has 1 fully saturated rings. The van der Waals surface area contributed by atoms with Crippen LogP contribution in [0, 0.1) is 11.3 Å². The Morgan fingerprint density at radius 2 is 1.76 bits per heavy atom. The second kappa shape index (κ2) is 9.65. The molecule has 1 saturated heterocycles. The fourth-order valence-electron chi connectivity index (χ4n) is 3.98. The van der Waals surface area contributed by atoms with Crippen molar-refractivity contribution in [1.82, 2.24) is 19.9 Å². The summed E-state index contributed by atoms with van der Waals surface area (Å²) in [5.41, 5.74) is 3.54. The average molecular weight is 483 g/mol. The highest BCUT2D eigenvalue weighted by Crippen LogP contribution is 2.39. The maximum absolute atomic E-state index is 9.07. The van der Waals surface area contributed by atoms with Crippen molar-refractivity contribution in [1.29, 1.82) is 5.26 Å². The van der Waals surface area contributed by atoms with E-state index in [1.165, 1.54) is 0 Å². The lowest BCUT2D eigenvalue weighted by Gasteiger charge is -2.37. The SMILES string of the molecule is COc1cccc(OC)c1-c1nnn(C)c1C(=S)N1CCN(c2ccc(C#N)cc2Cl)CC1. The van der Waals surface area contributed by atoms with Gasteiger partial charge >= 0.3 is 0 Å². The summed E-state index contributed by atoms with van der Waals surface area (Å²) in [4.78, 5) is 5.01. The molecule has 0 aliphatic carbocycles. The molecule has 1 aliphatic rings. The van der Waals surface area contributed by atoms with Gasteiger partial charge in [0.25, 0.3) is 0 Å². The normalized spacial score (nSPS) is 13.5. The lowest BCUT2D eigenvalue weighted by atomic mass is 10.1. The average Bonchev–Trinajstić information content (AvgIpc) is 3.23. The van der Waals surface area contributed by atoms with Gasteiger partial charge in [-0.05, 0) is 30.3 Å². The Hall–Kier alpha value is -3.35. The molecule has 0 N–H and O–H groups in total. The number of benzene rings is 2. The van der Waals surface area contributed by atoms with E-state index in [4.69, 9.17) is 38.6 Å². The molecule has 0 bridgehead atoms. The summed E-state index contributed by atoms with van der Waals surface area (Å²) < 4.78 is 12.8. The predicted octanol–water partition coefficient (Wildman–Crippen LogP) is 3.52. The van der Waals surface area contributed by atoms with E-state index in [1.807, 2.05) is 31.3 Å². The van der Waals surface area contributed by atoms with Crippen molar-refractivity contribution in [3.8, 4) is 28.8 Å². The first-order chi connectivity index (χ1) is 16.0. The summed E-state index contributed by atoms with van der Waals surface area (Å²) in [6.07, 6.45) is 0. The van der Waals surface area contributed by atoms with Crippen LogP contribution >= 0.6 is 23.8 Å². The molecular formula is C23H23ClN6O2S. The number of aromatic nitrogens is 3. The van der Waals surface area contributed by atoms with Gasteiger partial charge in [0.05, 0.1) is 42.1 Å². The van der Waals surface area contributed by atoms with Crippen LogP contribution in [0.25, 0.3) is 11.3 Å². The molecule has 10 heteroatoms. The van der Waals surface area contributed by atoms with E-state index in [0.717, 1.165) is 30.0 Å². The van der Waals surface area contributed by atoms with Gasteiger partial charge in [-0.15, -0.1) is 5.10 Å². The van der Waals surface area contributed by atoms with Gasteiger partial charge in [0.2, 0.25) is 0 Å². The molecule has 2 aromatic carbocycles. The molecule has 0 spiro atoms. The number of ether oxygens (including phenoxy) is 2. The quantitative estimate of drug-likeness (QED) is 0.511. The van der Waals surface area contributed by atoms with Gasteiger partial charge in [0.1, 0.15) is 27.9 Å². The second-order valence-corrected chi connectivity index (χ2v) is 8.30. The smallest absolute Gasteiger partial charge is 0.132 e. The number of nitriles is 1. The fraction of sp³-hybridized carbons (Fsp3) is 0.304. The van der Waals surface area contributed by atoms with Crippen molar-refractivity contribution < 1.29 is 9.47 Å². The highest BCUT2D eigenvalue weighted by Gasteiger charge is 2.28. The summed E-state index contributed by atoms with van der Waals surface area (Å²) >= 11 is 12.3. The molecular weight excluding hydrogens is 460 g/mol. The third kappa shape index (κ3) is 4.32. The van der Waals surface area contributed by atoms with Gasteiger partial charge in [-0.1, -0.05) is 35.1 Å². The monoisotopic (exact) mass is 482 g/mol. The molecule has 8 nitrogen and oxygen atoms in total. The fourth-order valence-corrected chi connectivity index (χ4v) is 4.69. The van der Waals surface area contributed by atoms with Crippen LogP contribution in [0.2, 0.25) is 5.02 Å². The lowest BCUT2D eigenvalue weighted by Crippen LogP contribution is -2.49. The minimum Gasteiger partial charge on any atom is -0.496 e. The molecule has 0 saturated carbocycles. The molecule has 0 amide bonds. The van der Waals surface area contributed by atoms with Crippen LogP contribution in [0.1, 0.15) is 11.3 Å². The van der Waals surface area contributed by atoms with Crippen molar-refractivity contribution in [3.05, 3.63) is 52.7 Å². The van der Waals surface area contributed by atoms with Crippen molar-refractivity contribution in [3.63, 3.8) is 0 Å². The summed E-state index contributed by atoms with van der Waals surface area (Å²) in [7, 11) is 5.05. The largest absolute Gasteiger partial charge is 0.496 e. The van der Waals surface area contributed by atoms with Crippen molar-refractivity contribution >= 4 is 34.5 Å². The van der Waals surface area contributed by atoms with Crippen molar-refractivity contribution in [2.75, 3.05) is 45.3 Å². The van der Waals surface area contributed by atoms with Gasteiger partial charge in [0.15, 0.2) is 0 Å². The molecule has 170 valence electrons. The number of halogens is 1. The van der Waals surface area contributed by atoms with Crippen LogP contribution in [0.4, 0.5) is 5.69 Å². The standard InChI is InChI=1S/C23H23ClN6O2S/c1-28-22(21(26-27-28)20-18(31-2)5-4-6-19(20)32-3)23(33)30-11-9-29(10-12-30)17-8-7-15(14-25)13-16(17)24/h4-8,13H,9-12H2,1-3H3. The van der Waals surface area contributed by atoms with E-state index in [0.29, 0.717) is 45.9 Å². The Morgan fingerprint density at radius 1 is 1.09 bits per heavy atom. The van der Waals surface area contributed by atoms with E-state index in [9.17, 15) is 0 Å². The third-order valence-corrected chi connectivity index (χ3v) is 6.43. The molecule has 4 rings (SSSR count). The van der Waals surface area contributed by atoms with Gasteiger partial charge in [-0.3, -0.25) is 0 Å². The molecule has 33 heavy (non-hydrogen) atoms. The van der Waals surface area contributed by atoms with E-state index >= 15 is 0 Å². The molecule has 2 heterocycles. The zero-order valence-corrected chi connectivity index (χ0v) is 20.2. The minimum atomic E-state index is 0.548. The van der Waals surface area contributed by atoms with Crippen LogP contribution in [0.3, 0.4) is 0 Å². The topological polar surface area (TPSA) is 79.4 Å². The Bertz CT molecular complexity index is 1210. The highest BCUT2D eigenvalue weighted by atomic mass is 35.5. The Labute approximate surface area is 202 Å². The number of anilines is 1. The van der Waals surface area contributed by atoms with E-state index in [2.05, 4.69) is 26.2 Å². The van der Waals surface area contributed by atoms with Crippen LogP contribution < -0.4 is 14.4 Å². The first kappa shape index (κ1) is 22.8. The molecule has 1 aliphatic heterocycles. The van der Waals surface area contributed by atoms with Crippen LogP contribution in [0.5, 0.6) is 11.5 Å². The maximum atomic E-state index is 9.07. The molecule has 1 aromatic heterocycles. The molecule has 3 aromatic rings. The number of hydrogen-bond acceptors (Lipinski definition) is 7. The summed E-state index contributed by atoms with van der Waals surface area (Å²) in [6.45, 7) is 2.90. The first-order valence-corrected chi connectivity index (χ1v) is 11.1. The van der Waals surface area contributed by atoms with Gasteiger partial charge in [-0.2, -0.15) is 5.26 Å². The first-order valence-electron chi connectivity index (χ1n) is 10.3. The number of aryl methyl sites for hydroxylation is 1. The van der Waals surface area contributed by atoms with Crippen LogP contribution in [-0.2, 0) is 7.05 Å². The number of nitrogens with zero attached hydrogens (tertiary/aromatic N) is 6. The lowest BCUT2D eigenvalue weighted by molar-refractivity contribution is 0.390. The van der Waals surface area contributed by atoms with Crippen molar-refractivity contribution in [2.45, 2.75) is 0 Å². The Morgan fingerprint density at radius 3 is 2.33 bits per heavy atom. The van der Waals surface area contributed by atoms with Crippen LogP contribution in [0.15, 0.2) is 36.4 Å². The summed E-state index contributed by atoms with van der Waals surface area (Å²) in [6, 6.07) is 13.1. The summed E-state index contributed by atoms with van der Waals surface area (Å²) in [5.74, 6) is 1.28. The maximum Gasteiger partial charge on any atom is 0.132 e. The Kier molecular flexibility index (Phi) is 6.67. The predicted molar refractivity (Wildman–Crippen MR) is 131 cm³/mol. The van der Waals surface area contributed by atoms with Crippen LogP contribution in [-0.4, -0.2) is 65.3 Å². The summed E-state index contributed by atoms with van der Waals surface area (Å²) in [5, 5.41) is 18.3. The molecule has 0 atom stereocenters. The second-order valence-electron chi connectivity index (χ2n) is 7.51. The highest BCUT2D eigenvalue weighted by molar-refractivity contribution is 7.80. The van der Waals surface area contributed by atoms with Gasteiger partial charge < -0.3 is 19.3 Å². The van der Waals surface area contributed by atoms with Gasteiger partial charge in [-0.25, -0.2) is 4.68 Å². The molecule has 0 unspecified atom stereocenters. The minimum absolute atomic E-state index is 0.548. The number of hydrogen-bond donors (Lipinski definition) is 0. The zero-order chi connectivity index (χ0) is 23.5. The Balaban J connectivity index is 1.58. The van der Waals surface area contributed by atoms with E-state index in [-0.39, 0.29) is 0 Å². The third-order valence-electron chi connectivity index (χ3n) is 5.68. The van der Waals surface area contributed by atoms with E-state index < -0.39 is 0 Å². The number of methoxy groups -OCH3 is 2. The van der Waals surface area contributed by atoms with Gasteiger partial charge in [0, 0.05) is 33.2 Å². The zero-order valence-electron chi connectivity index (χ0n) is 18.6. The number of thiocarbonyl (C=S) groups is 1. The molecule has 0 radical (unpaired) electrons. The van der Waals surface area contributed by atoms with Crippen molar-refractivity contribution in [2.24, 2.45) is 7.05 Å².